The zero-order valence-corrected chi connectivity index (χ0v) is 15.5. The standard InChI is InChI=1S/C21H26O5/c1-3-4-5-6-8-14-11-17-15-9-7-10-16(15)21(24)26-19(17)12-18(14)25-13(2)20(22)23/h11-13H,3-10H2,1-2H3,(H,22,23)/t13-/m0/s1. The summed E-state index contributed by atoms with van der Waals surface area (Å²) in [6.07, 6.45) is 7.00. The monoisotopic (exact) mass is 358 g/mol. The largest absolute Gasteiger partial charge is 0.479 e. The Bertz CT molecular complexity index is 865. The van der Waals surface area contributed by atoms with Gasteiger partial charge in [0.25, 0.3) is 0 Å². The Morgan fingerprint density at radius 2 is 2.00 bits per heavy atom. The molecule has 0 unspecified atom stereocenters. The average molecular weight is 358 g/mol. The van der Waals surface area contributed by atoms with E-state index in [1.165, 1.54) is 13.3 Å². The maximum Gasteiger partial charge on any atom is 0.344 e. The number of hydrogen-bond donors (Lipinski definition) is 1. The highest BCUT2D eigenvalue weighted by Crippen LogP contribution is 2.33. The number of carboxylic acid groups (broad SMARTS) is 1. The predicted octanol–water partition coefficient (Wildman–Crippen LogP) is 4.26. The molecule has 1 aromatic heterocycles. The summed E-state index contributed by atoms with van der Waals surface area (Å²) in [4.78, 5) is 23.4. The van der Waals surface area contributed by atoms with Crippen molar-refractivity contribution in [1.29, 1.82) is 0 Å². The Hall–Kier alpha value is -2.30. The molecule has 2 aromatic rings. The summed E-state index contributed by atoms with van der Waals surface area (Å²) < 4.78 is 11.2. The molecule has 1 aliphatic carbocycles. The van der Waals surface area contributed by atoms with E-state index in [1.807, 2.05) is 6.07 Å². The van der Waals surface area contributed by atoms with Crippen LogP contribution in [0.5, 0.6) is 5.75 Å². The van der Waals surface area contributed by atoms with E-state index < -0.39 is 12.1 Å². The molecule has 0 saturated carbocycles. The fourth-order valence-electron chi connectivity index (χ4n) is 3.64. The van der Waals surface area contributed by atoms with Crippen molar-refractivity contribution in [3.63, 3.8) is 0 Å². The van der Waals surface area contributed by atoms with Crippen LogP contribution < -0.4 is 10.4 Å². The lowest BCUT2D eigenvalue weighted by molar-refractivity contribution is -0.144. The lowest BCUT2D eigenvalue weighted by Crippen LogP contribution is -2.23. The Kier molecular flexibility index (Phi) is 5.64. The minimum Gasteiger partial charge on any atom is -0.479 e. The molecule has 1 atom stereocenters. The molecule has 1 N–H and O–H groups in total. The van der Waals surface area contributed by atoms with Crippen LogP contribution in [0.15, 0.2) is 21.3 Å². The SMILES string of the molecule is CCCCCCc1cc2c3c(c(=O)oc2cc1O[C@@H](C)C(=O)O)CCC3. The number of carboxylic acids is 1. The zero-order valence-electron chi connectivity index (χ0n) is 15.5. The molecule has 0 radical (unpaired) electrons. The third-order valence-electron chi connectivity index (χ3n) is 5.11. The fraction of sp³-hybridized carbons (Fsp3) is 0.524. The van der Waals surface area contributed by atoms with E-state index in [0.29, 0.717) is 11.3 Å². The first-order valence-corrected chi connectivity index (χ1v) is 9.52. The van der Waals surface area contributed by atoms with Crippen LogP contribution in [0, 0.1) is 0 Å². The van der Waals surface area contributed by atoms with E-state index in [9.17, 15) is 9.59 Å². The van der Waals surface area contributed by atoms with Crippen LogP contribution >= 0.6 is 0 Å². The van der Waals surface area contributed by atoms with Gasteiger partial charge in [0.15, 0.2) is 6.10 Å². The van der Waals surface area contributed by atoms with Crippen molar-refractivity contribution in [1.82, 2.24) is 0 Å². The minimum absolute atomic E-state index is 0.280. The highest BCUT2D eigenvalue weighted by molar-refractivity contribution is 5.84. The fourth-order valence-corrected chi connectivity index (χ4v) is 3.64. The van der Waals surface area contributed by atoms with Gasteiger partial charge in [-0.3, -0.25) is 0 Å². The highest BCUT2D eigenvalue weighted by atomic mass is 16.5. The second-order valence-corrected chi connectivity index (χ2v) is 7.07. The maximum atomic E-state index is 12.2. The van der Waals surface area contributed by atoms with Gasteiger partial charge in [-0.1, -0.05) is 26.2 Å². The molecule has 140 valence electrons. The summed E-state index contributed by atoms with van der Waals surface area (Å²) >= 11 is 0. The summed E-state index contributed by atoms with van der Waals surface area (Å²) in [5.74, 6) is -0.512. The second kappa shape index (κ2) is 7.94. The van der Waals surface area contributed by atoms with E-state index in [1.54, 1.807) is 6.07 Å². The van der Waals surface area contributed by atoms with Gasteiger partial charge in [0.2, 0.25) is 0 Å². The Labute approximate surface area is 153 Å². The van der Waals surface area contributed by atoms with E-state index in [-0.39, 0.29) is 5.63 Å². The summed E-state index contributed by atoms with van der Waals surface area (Å²) in [6.45, 7) is 3.68. The molecule has 1 heterocycles. The summed E-state index contributed by atoms with van der Waals surface area (Å²) in [6, 6.07) is 3.74. The van der Waals surface area contributed by atoms with Gasteiger partial charge in [0, 0.05) is 17.0 Å². The minimum atomic E-state index is -1.02. The van der Waals surface area contributed by atoms with E-state index >= 15 is 0 Å². The van der Waals surface area contributed by atoms with Gasteiger partial charge in [-0.05, 0) is 56.2 Å². The number of aliphatic carboxylic acids is 1. The molecule has 0 fully saturated rings. The van der Waals surface area contributed by atoms with Gasteiger partial charge < -0.3 is 14.3 Å². The lowest BCUT2D eigenvalue weighted by atomic mass is 10.00. The van der Waals surface area contributed by atoms with Gasteiger partial charge in [0.05, 0.1) is 0 Å². The summed E-state index contributed by atoms with van der Waals surface area (Å²) in [5.41, 5.74) is 3.08. The zero-order chi connectivity index (χ0) is 18.7. The van der Waals surface area contributed by atoms with Gasteiger partial charge in [-0.2, -0.15) is 0 Å². The van der Waals surface area contributed by atoms with Crippen molar-refractivity contribution in [2.24, 2.45) is 0 Å². The van der Waals surface area contributed by atoms with Crippen LogP contribution in [0.2, 0.25) is 0 Å². The number of benzene rings is 1. The molecule has 5 heteroatoms. The number of ether oxygens (including phenoxy) is 1. The summed E-state index contributed by atoms with van der Waals surface area (Å²) in [5, 5.41) is 10.1. The first kappa shape index (κ1) is 18.5. The van der Waals surface area contributed by atoms with Crippen molar-refractivity contribution in [2.75, 3.05) is 0 Å². The summed E-state index contributed by atoms with van der Waals surface area (Å²) in [7, 11) is 0. The van der Waals surface area contributed by atoms with E-state index in [4.69, 9.17) is 14.3 Å². The normalized spacial score (nSPS) is 14.4. The highest BCUT2D eigenvalue weighted by Gasteiger charge is 2.22. The molecule has 5 nitrogen and oxygen atoms in total. The van der Waals surface area contributed by atoms with Crippen LogP contribution in [0.25, 0.3) is 11.0 Å². The van der Waals surface area contributed by atoms with Gasteiger partial charge in [-0.25, -0.2) is 9.59 Å². The van der Waals surface area contributed by atoms with Gasteiger partial charge in [0.1, 0.15) is 11.3 Å². The number of rotatable bonds is 8. The van der Waals surface area contributed by atoms with Crippen LogP contribution in [0.1, 0.15) is 62.6 Å². The molecular formula is C21H26O5. The van der Waals surface area contributed by atoms with Crippen LogP contribution in [0.4, 0.5) is 0 Å². The smallest absolute Gasteiger partial charge is 0.344 e. The third-order valence-corrected chi connectivity index (χ3v) is 5.11. The molecule has 0 spiro atoms. The Morgan fingerprint density at radius 3 is 2.73 bits per heavy atom. The number of carbonyl (C=O) groups is 1. The first-order valence-electron chi connectivity index (χ1n) is 9.52. The predicted molar refractivity (Wildman–Crippen MR) is 100 cm³/mol. The molecule has 0 saturated heterocycles. The van der Waals surface area contributed by atoms with Crippen molar-refractivity contribution >= 4 is 16.9 Å². The average Bonchev–Trinajstić information content (AvgIpc) is 3.10. The number of unbranched alkanes of at least 4 members (excludes halogenated alkanes) is 3. The molecular weight excluding hydrogens is 332 g/mol. The van der Waals surface area contributed by atoms with Gasteiger partial charge in [-0.15, -0.1) is 0 Å². The molecule has 26 heavy (non-hydrogen) atoms. The molecule has 1 aliphatic rings. The van der Waals surface area contributed by atoms with Crippen molar-refractivity contribution in [3.05, 3.63) is 39.2 Å². The van der Waals surface area contributed by atoms with Crippen molar-refractivity contribution in [3.8, 4) is 5.75 Å². The van der Waals surface area contributed by atoms with E-state index in [0.717, 1.165) is 67.0 Å². The van der Waals surface area contributed by atoms with E-state index in [2.05, 4.69) is 6.92 Å². The molecule has 0 aliphatic heterocycles. The van der Waals surface area contributed by atoms with Crippen LogP contribution in [0.3, 0.4) is 0 Å². The van der Waals surface area contributed by atoms with Crippen LogP contribution in [-0.2, 0) is 24.1 Å². The first-order chi connectivity index (χ1) is 12.5. The van der Waals surface area contributed by atoms with Crippen molar-refractivity contribution in [2.45, 2.75) is 71.3 Å². The van der Waals surface area contributed by atoms with Crippen LogP contribution in [-0.4, -0.2) is 17.2 Å². The topological polar surface area (TPSA) is 76.7 Å². The number of fused-ring (bicyclic) bond motifs is 3. The quantitative estimate of drug-likeness (QED) is 0.564. The maximum absolute atomic E-state index is 12.2. The second-order valence-electron chi connectivity index (χ2n) is 7.07. The van der Waals surface area contributed by atoms with Gasteiger partial charge >= 0.3 is 11.6 Å². The Balaban J connectivity index is 2.02. The third kappa shape index (κ3) is 3.76. The lowest BCUT2D eigenvalue weighted by Gasteiger charge is -2.16. The molecule has 0 amide bonds. The Morgan fingerprint density at radius 1 is 1.23 bits per heavy atom. The molecule has 1 aromatic carbocycles. The number of aryl methyl sites for hydroxylation is 2. The molecule has 3 rings (SSSR count). The van der Waals surface area contributed by atoms with Crippen molar-refractivity contribution < 1.29 is 19.1 Å². The number of hydrogen-bond acceptors (Lipinski definition) is 4. The molecule has 0 bridgehead atoms.